The van der Waals surface area contributed by atoms with Gasteiger partial charge in [0, 0.05) is 48.0 Å². The van der Waals surface area contributed by atoms with E-state index in [0.717, 1.165) is 42.6 Å². The van der Waals surface area contributed by atoms with E-state index in [4.69, 9.17) is 9.72 Å². The number of ether oxygens (including phenoxy) is 1. The Morgan fingerprint density at radius 1 is 0.941 bits per heavy atom. The topological polar surface area (TPSA) is 44.4 Å². The SMILES string of the molecule is COc1ccc2[nH]c3c(C)c4ccnc(N(C)CCN(C)CCCCC(C)C)c4c(C)c3c2c1. The number of nitrogens with zero attached hydrogens (tertiary/aromatic N) is 3. The Kier molecular flexibility index (Phi) is 7.32. The van der Waals surface area contributed by atoms with Crippen LogP contribution in [0.3, 0.4) is 0 Å². The Balaban J connectivity index is 1.65. The smallest absolute Gasteiger partial charge is 0.136 e. The molecule has 0 radical (unpaired) electrons. The molecule has 5 nitrogen and oxygen atoms in total. The molecule has 0 aliphatic carbocycles. The van der Waals surface area contributed by atoms with E-state index in [-0.39, 0.29) is 0 Å². The van der Waals surface area contributed by atoms with E-state index in [2.05, 4.69) is 74.8 Å². The van der Waals surface area contributed by atoms with E-state index in [0.29, 0.717) is 0 Å². The molecule has 2 aromatic heterocycles. The van der Waals surface area contributed by atoms with Crippen molar-refractivity contribution in [3.05, 3.63) is 41.6 Å². The summed E-state index contributed by atoms with van der Waals surface area (Å²) < 4.78 is 5.52. The van der Waals surface area contributed by atoms with Gasteiger partial charge in [-0.05, 0) is 80.6 Å². The maximum absolute atomic E-state index is 5.52. The van der Waals surface area contributed by atoms with Crippen LogP contribution in [-0.2, 0) is 0 Å². The van der Waals surface area contributed by atoms with Gasteiger partial charge in [0.05, 0.1) is 12.6 Å². The molecular formula is C29H40N4O. The van der Waals surface area contributed by atoms with Gasteiger partial charge in [0.1, 0.15) is 11.6 Å². The van der Waals surface area contributed by atoms with Crippen LogP contribution < -0.4 is 9.64 Å². The summed E-state index contributed by atoms with van der Waals surface area (Å²) in [5.74, 6) is 2.74. The van der Waals surface area contributed by atoms with Crippen molar-refractivity contribution in [3.63, 3.8) is 0 Å². The molecule has 0 saturated heterocycles. The van der Waals surface area contributed by atoms with E-state index >= 15 is 0 Å². The third kappa shape index (κ3) is 4.72. The molecule has 0 amide bonds. The summed E-state index contributed by atoms with van der Waals surface area (Å²) in [5.41, 5.74) is 4.88. The predicted molar refractivity (Wildman–Crippen MR) is 147 cm³/mol. The maximum Gasteiger partial charge on any atom is 0.136 e. The highest BCUT2D eigenvalue weighted by Gasteiger charge is 2.19. The van der Waals surface area contributed by atoms with Crippen LogP contribution in [0.4, 0.5) is 5.82 Å². The lowest BCUT2D eigenvalue weighted by atomic mass is 9.96. The van der Waals surface area contributed by atoms with E-state index in [1.54, 1.807) is 7.11 Å². The highest BCUT2D eigenvalue weighted by atomic mass is 16.5. The lowest BCUT2D eigenvalue weighted by molar-refractivity contribution is 0.327. The standard InChI is InChI=1S/C29H40N4O/c1-19(2)10-8-9-15-32(5)16-17-33(6)29-27-21(4)26-24-18-22(34-7)11-12-25(24)31-28(26)20(3)23(27)13-14-30-29/h11-14,18-19,31H,8-10,15-17H2,1-7H3. The molecular weight excluding hydrogens is 420 g/mol. The number of nitrogens with one attached hydrogen (secondary N) is 1. The van der Waals surface area contributed by atoms with Crippen molar-refractivity contribution in [2.75, 3.05) is 45.7 Å². The Labute approximate surface area is 204 Å². The number of unbranched alkanes of at least 4 members (excludes halogenated alkanes) is 1. The number of likely N-dealkylation sites (N-methyl/N-ethyl adjacent to an activating group) is 2. The minimum absolute atomic E-state index is 0.797. The van der Waals surface area contributed by atoms with Crippen molar-refractivity contribution in [3.8, 4) is 5.75 Å². The number of fused-ring (bicyclic) bond motifs is 4. The first kappa shape index (κ1) is 24.3. The average Bonchev–Trinajstić information content (AvgIpc) is 3.22. The fourth-order valence-corrected chi connectivity index (χ4v) is 5.12. The van der Waals surface area contributed by atoms with Crippen LogP contribution in [0.15, 0.2) is 30.5 Å². The molecule has 5 heteroatoms. The fraction of sp³-hybridized carbons (Fsp3) is 0.483. The number of aromatic amines is 1. The second kappa shape index (κ2) is 10.2. The monoisotopic (exact) mass is 460 g/mol. The Bertz CT molecular complexity index is 1290. The van der Waals surface area contributed by atoms with Gasteiger partial charge in [-0.25, -0.2) is 4.98 Å². The van der Waals surface area contributed by atoms with Crippen LogP contribution >= 0.6 is 0 Å². The second-order valence-corrected chi connectivity index (χ2v) is 10.2. The summed E-state index contributed by atoms with van der Waals surface area (Å²) >= 11 is 0. The van der Waals surface area contributed by atoms with Gasteiger partial charge in [-0.2, -0.15) is 0 Å². The number of H-pyrrole nitrogens is 1. The molecule has 0 atom stereocenters. The number of hydrogen-bond acceptors (Lipinski definition) is 4. The zero-order chi connectivity index (χ0) is 24.4. The van der Waals surface area contributed by atoms with E-state index in [9.17, 15) is 0 Å². The molecule has 2 heterocycles. The van der Waals surface area contributed by atoms with Gasteiger partial charge in [-0.3, -0.25) is 0 Å². The van der Waals surface area contributed by atoms with Crippen molar-refractivity contribution >= 4 is 38.4 Å². The first-order chi connectivity index (χ1) is 16.3. The van der Waals surface area contributed by atoms with E-state index in [1.807, 2.05) is 12.3 Å². The highest BCUT2D eigenvalue weighted by molar-refractivity contribution is 6.18. The average molecular weight is 461 g/mol. The summed E-state index contributed by atoms with van der Waals surface area (Å²) in [5, 5.41) is 4.99. The van der Waals surface area contributed by atoms with Crippen molar-refractivity contribution in [1.29, 1.82) is 0 Å². The Morgan fingerprint density at radius 2 is 1.74 bits per heavy atom. The minimum atomic E-state index is 0.797. The Morgan fingerprint density at radius 3 is 2.47 bits per heavy atom. The third-order valence-electron chi connectivity index (χ3n) is 7.22. The molecule has 0 spiro atoms. The van der Waals surface area contributed by atoms with Gasteiger partial charge in [-0.15, -0.1) is 0 Å². The molecule has 34 heavy (non-hydrogen) atoms. The van der Waals surface area contributed by atoms with Crippen LogP contribution in [0.5, 0.6) is 5.75 Å². The largest absolute Gasteiger partial charge is 0.497 e. The minimum Gasteiger partial charge on any atom is -0.497 e. The lowest BCUT2D eigenvalue weighted by Gasteiger charge is -2.25. The number of hydrogen-bond donors (Lipinski definition) is 1. The summed E-state index contributed by atoms with van der Waals surface area (Å²) in [6.07, 6.45) is 5.85. The van der Waals surface area contributed by atoms with Crippen LogP contribution in [0.1, 0.15) is 44.2 Å². The first-order valence-electron chi connectivity index (χ1n) is 12.6. The fourth-order valence-electron chi connectivity index (χ4n) is 5.12. The molecule has 2 aromatic carbocycles. The Hall–Kier alpha value is -2.79. The quantitative estimate of drug-likeness (QED) is 0.268. The molecule has 0 saturated carbocycles. The molecule has 0 aliphatic heterocycles. The maximum atomic E-state index is 5.52. The molecule has 0 bridgehead atoms. The predicted octanol–water partition coefficient (Wildman–Crippen LogP) is 6.69. The molecule has 4 aromatic rings. The second-order valence-electron chi connectivity index (χ2n) is 10.2. The zero-order valence-corrected chi connectivity index (χ0v) is 22.0. The van der Waals surface area contributed by atoms with E-state index < -0.39 is 0 Å². The van der Waals surface area contributed by atoms with Crippen LogP contribution in [0.2, 0.25) is 0 Å². The van der Waals surface area contributed by atoms with Gasteiger partial charge < -0.3 is 19.5 Å². The van der Waals surface area contributed by atoms with E-state index in [1.165, 1.54) is 57.5 Å². The third-order valence-corrected chi connectivity index (χ3v) is 7.22. The molecule has 0 unspecified atom stereocenters. The first-order valence-corrected chi connectivity index (χ1v) is 12.6. The summed E-state index contributed by atoms with van der Waals surface area (Å²) in [4.78, 5) is 13.3. The number of aryl methyl sites for hydroxylation is 2. The van der Waals surface area contributed by atoms with Crippen molar-refractivity contribution in [2.24, 2.45) is 5.92 Å². The number of benzene rings is 2. The molecule has 4 rings (SSSR count). The zero-order valence-electron chi connectivity index (χ0n) is 22.0. The van der Waals surface area contributed by atoms with Crippen molar-refractivity contribution < 1.29 is 4.74 Å². The normalized spacial score (nSPS) is 12.0. The van der Waals surface area contributed by atoms with Crippen LogP contribution in [0, 0.1) is 19.8 Å². The summed E-state index contributed by atoms with van der Waals surface area (Å²) in [6, 6.07) is 8.42. The van der Waals surface area contributed by atoms with Gasteiger partial charge in [0.2, 0.25) is 0 Å². The summed E-state index contributed by atoms with van der Waals surface area (Å²) in [6.45, 7) is 12.2. The number of pyridine rings is 1. The van der Waals surface area contributed by atoms with Gasteiger partial charge in [0.15, 0.2) is 0 Å². The van der Waals surface area contributed by atoms with Gasteiger partial charge >= 0.3 is 0 Å². The van der Waals surface area contributed by atoms with Gasteiger partial charge in [0.25, 0.3) is 0 Å². The molecule has 0 fully saturated rings. The number of rotatable bonds is 10. The highest BCUT2D eigenvalue weighted by Crippen LogP contribution is 2.40. The number of anilines is 1. The van der Waals surface area contributed by atoms with Crippen molar-refractivity contribution in [1.82, 2.24) is 14.9 Å². The summed E-state index contributed by atoms with van der Waals surface area (Å²) in [7, 11) is 6.13. The van der Waals surface area contributed by atoms with Crippen molar-refractivity contribution in [2.45, 2.75) is 47.0 Å². The lowest BCUT2D eigenvalue weighted by Crippen LogP contribution is -2.32. The molecule has 1 N–H and O–H groups in total. The van der Waals surface area contributed by atoms with Crippen LogP contribution in [0.25, 0.3) is 32.6 Å². The molecule has 0 aliphatic rings. The number of methoxy groups -OCH3 is 1. The molecule has 182 valence electrons. The van der Waals surface area contributed by atoms with Crippen LogP contribution in [-0.4, -0.2) is 55.7 Å². The number of aromatic nitrogens is 2. The van der Waals surface area contributed by atoms with Gasteiger partial charge in [-0.1, -0.05) is 26.7 Å².